The van der Waals surface area contributed by atoms with Gasteiger partial charge in [-0.15, -0.1) is 0 Å². The Morgan fingerprint density at radius 2 is 1.04 bits per heavy atom. The largest absolute Gasteiger partial charge is 0.336 e. The van der Waals surface area contributed by atoms with Crippen LogP contribution in [0.15, 0.2) is 78.9 Å². The molecule has 138 valence electrons. The summed E-state index contributed by atoms with van der Waals surface area (Å²) in [5.74, 6) is 0. The zero-order valence-electron chi connectivity index (χ0n) is 17.2. The van der Waals surface area contributed by atoms with Crippen LogP contribution in [0, 0.1) is 0 Å². The van der Waals surface area contributed by atoms with Gasteiger partial charge in [-0.2, -0.15) is 0 Å². The molecule has 0 spiro atoms. The fraction of sp³-hybridized carbons (Fsp3) is 0.280. The second kappa shape index (κ2) is 11.9. The SMILES string of the molecule is CC.CC.CC.c1ccc(N2Cc3ccccc3-c3ccccc32)cc1. The first kappa shape index (κ1) is 21.5. The van der Waals surface area contributed by atoms with Gasteiger partial charge >= 0.3 is 0 Å². The van der Waals surface area contributed by atoms with Crippen LogP contribution >= 0.6 is 0 Å². The van der Waals surface area contributed by atoms with E-state index >= 15 is 0 Å². The van der Waals surface area contributed by atoms with E-state index in [0.29, 0.717) is 0 Å². The highest BCUT2D eigenvalue weighted by Crippen LogP contribution is 2.42. The molecule has 0 unspecified atom stereocenters. The Labute approximate surface area is 160 Å². The normalized spacial score (nSPS) is 10.5. The van der Waals surface area contributed by atoms with Crippen LogP contribution in [-0.4, -0.2) is 0 Å². The molecule has 0 radical (unpaired) electrons. The molecule has 1 aliphatic heterocycles. The molecule has 0 amide bonds. The summed E-state index contributed by atoms with van der Waals surface area (Å²) in [4.78, 5) is 2.39. The number of anilines is 2. The van der Waals surface area contributed by atoms with Gasteiger partial charge < -0.3 is 4.90 Å². The van der Waals surface area contributed by atoms with E-state index in [-0.39, 0.29) is 0 Å². The van der Waals surface area contributed by atoms with Gasteiger partial charge in [0.2, 0.25) is 0 Å². The Morgan fingerprint density at radius 3 is 1.69 bits per heavy atom. The summed E-state index contributed by atoms with van der Waals surface area (Å²) >= 11 is 0. The van der Waals surface area contributed by atoms with Crippen molar-refractivity contribution in [2.24, 2.45) is 0 Å². The standard InChI is InChI=1S/C19H15N.3C2H6/c1-2-9-16(10-3-1)20-14-15-8-4-5-11-17(15)18-12-6-7-13-19(18)20;3*1-2/h1-13H,14H2;3*1-2H3. The van der Waals surface area contributed by atoms with Crippen LogP contribution < -0.4 is 4.90 Å². The van der Waals surface area contributed by atoms with Crippen LogP contribution in [0.25, 0.3) is 11.1 Å². The van der Waals surface area contributed by atoms with E-state index in [4.69, 9.17) is 0 Å². The average molecular weight is 348 g/mol. The zero-order valence-corrected chi connectivity index (χ0v) is 17.2. The summed E-state index contributed by atoms with van der Waals surface area (Å²) in [6.45, 7) is 12.9. The van der Waals surface area contributed by atoms with Crippen molar-refractivity contribution < 1.29 is 0 Å². The van der Waals surface area contributed by atoms with Crippen LogP contribution in [0.2, 0.25) is 0 Å². The minimum Gasteiger partial charge on any atom is -0.336 e. The van der Waals surface area contributed by atoms with Crippen molar-refractivity contribution in [1.82, 2.24) is 0 Å². The summed E-state index contributed by atoms with van der Waals surface area (Å²) in [5, 5.41) is 0. The number of nitrogens with zero attached hydrogens (tertiary/aromatic N) is 1. The molecular weight excluding hydrogens is 314 g/mol. The van der Waals surface area contributed by atoms with E-state index in [9.17, 15) is 0 Å². The maximum absolute atomic E-state index is 2.39. The third-order valence-corrected chi connectivity index (χ3v) is 3.90. The topological polar surface area (TPSA) is 3.24 Å². The monoisotopic (exact) mass is 347 g/mol. The molecule has 0 bridgehead atoms. The number of rotatable bonds is 1. The first-order valence-corrected chi connectivity index (χ1v) is 9.93. The van der Waals surface area contributed by atoms with Crippen LogP contribution in [0.5, 0.6) is 0 Å². The van der Waals surface area contributed by atoms with Crippen molar-refractivity contribution >= 4 is 11.4 Å². The molecule has 0 aromatic heterocycles. The van der Waals surface area contributed by atoms with Crippen LogP contribution in [0.4, 0.5) is 11.4 Å². The lowest BCUT2D eigenvalue weighted by Crippen LogP contribution is -2.21. The summed E-state index contributed by atoms with van der Waals surface area (Å²) in [5.41, 5.74) is 6.59. The summed E-state index contributed by atoms with van der Waals surface area (Å²) in [6.07, 6.45) is 0. The molecule has 0 saturated heterocycles. The average Bonchev–Trinajstić information content (AvgIpc) is 2.78. The molecular formula is C25H33N. The van der Waals surface area contributed by atoms with Crippen molar-refractivity contribution in [3.63, 3.8) is 0 Å². The van der Waals surface area contributed by atoms with Gasteiger partial charge in [-0.05, 0) is 29.3 Å². The minimum atomic E-state index is 0.928. The fourth-order valence-corrected chi connectivity index (χ4v) is 2.95. The first-order chi connectivity index (χ1) is 12.9. The van der Waals surface area contributed by atoms with Crippen molar-refractivity contribution in [3.05, 3.63) is 84.4 Å². The van der Waals surface area contributed by atoms with E-state index in [2.05, 4.69) is 83.8 Å². The Hall–Kier alpha value is -2.54. The second-order valence-electron chi connectivity index (χ2n) is 5.10. The Balaban J connectivity index is 0.000000515. The van der Waals surface area contributed by atoms with Crippen molar-refractivity contribution in [3.8, 4) is 11.1 Å². The molecule has 1 heterocycles. The van der Waals surface area contributed by atoms with Crippen LogP contribution in [0.3, 0.4) is 0 Å². The Kier molecular flexibility index (Phi) is 9.86. The van der Waals surface area contributed by atoms with Gasteiger partial charge in [-0.25, -0.2) is 0 Å². The molecule has 4 rings (SSSR count). The molecule has 1 nitrogen and oxygen atoms in total. The van der Waals surface area contributed by atoms with Crippen molar-refractivity contribution in [2.75, 3.05) is 4.90 Å². The zero-order chi connectivity index (χ0) is 19.4. The third kappa shape index (κ3) is 4.76. The van der Waals surface area contributed by atoms with Gasteiger partial charge in [-0.3, -0.25) is 0 Å². The van der Waals surface area contributed by atoms with E-state index in [1.165, 1.54) is 28.1 Å². The van der Waals surface area contributed by atoms with Gasteiger partial charge in [-0.1, -0.05) is 102 Å². The highest BCUT2D eigenvalue weighted by molar-refractivity contribution is 5.87. The molecule has 0 atom stereocenters. The van der Waals surface area contributed by atoms with Gasteiger partial charge in [0.1, 0.15) is 0 Å². The summed E-state index contributed by atoms with van der Waals surface area (Å²) < 4.78 is 0. The number of hydrogen-bond donors (Lipinski definition) is 0. The lowest BCUT2D eigenvalue weighted by Gasteiger charge is -2.32. The quantitative estimate of drug-likeness (QED) is 0.430. The van der Waals surface area contributed by atoms with E-state index in [1.807, 2.05) is 41.5 Å². The van der Waals surface area contributed by atoms with Gasteiger partial charge in [0.15, 0.2) is 0 Å². The Morgan fingerprint density at radius 1 is 0.538 bits per heavy atom. The van der Waals surface area contributed by atoms with Gasteiger partial charge in [0.05, 0.1) is 0 Å². The summed E-state index contributed by atoms with van der Waals surface area (Å²) in [7, 11) is 0. The maximum atomic E-state index is 2.39. The van der Waals surface area contributed by atoms with Crippen molar-refractivity contribution in [2.45, 2.75) is 48.1 Å². The van der Waals surface area contributed by atoms with E-state index in [1.54, 1.807) is 0 Å². The number of para-hydroxylation sites is 2. The number of benzene rings is 3. The van der Waals surface area contributed by atoms with E-state index < -0.39 is 0 Å². The third-order valence-electron chi connectivity index (χ3n) is 3.90. The number of hydrogen-bond acceptors (Lipinski definition) is 1. The van der Waals surface area contributed by atoms with Gasteiger partial charge in [0, 0.05) is 23.5 Å². The highest BCUT2D eigenvalue weighted by Gasteiger charge is 2.21. The second-order valence-corrected chi connectivity index (χ2v) is 5.10. The molecule has 0 aliphatic carbocycles. The molecule has 0 fully saturated rings. The smallest absolute Gasteiger partial charge is 0.0493 e. The lowest BCUT2D eigenvalue weighted by atomic mass is 9.93. The fourth-order valence-electron chi connectivity index (χ4n) is 2.95. The number of fused-ring (bicyclic) bond motifs is 3. The molecule has 1 heteroatoms. The van der Waals surface area contributed by atoms with Gasteiger partial charge in [0.25, 0.3) is 0 Å². The highest BCUT2D eigenvalue weighted by atomic mass is 15.1. The van der Waals surface area contributed by atoms with Crippen LogP contribution in [-0.2, 0) is 6.54 Å². The Bertz CT molecular complexity index is 747. The first-order valence-electron chi connectivity index (χ1n) is 9.93. The molecule has 26 heavy (non-hydrogen) atoms. The van der Waals surface area contributed by atoms with E-state index in [0.717, 1.165) is 6.54 Å². The minimum absolute atomic E-state index is 0.928. The predicted octanol–water partition coefficient (Wildman–Crippen LogP) is 8.08. The molecule has 0 saturated carbocycles. The lowest BCUT2D eigenvalue weighted by molar-refractivity contribution is 0.961. The molecule has 0 N–H and O–H groups in total. The predicted molar refractivity (Wildman–Crippen MR) is 118 cm³/mol. The van der Waals surface area contributed by atoms with Crippen molar-refractivity contribution in [1.29, 1.82) is 0 Å². The molecule has 1 aliphatic rings. The van der Waals surface area contributed by atoms with Crippen LogP contribution in [0.1, 0.15) is 47.1 Å². The maximum Gasteiger partial charge on any atom is 0.0493 e. The molecule has 3 aromatic rings. The summed E-state index contributed by atoms with van der Waals surface area (Å²) in [6, 6.07) is 27.9. The molecule has 3 aromatic carbocycles.